The summed E-state index contributed by atoms with van der Waals surface area (Å²) in [5.74, 6) is -1.15. The zero-order valence-electron chi connectivity index (χ0n) is 12.5. The van der Waals surface area contributed by atoms with Crippen molar-refractivity contribution in [1.82, 2.24) is 15.1 Å². The first-order chi connectivity index (χ1) is 11.1. The first-order valence-corrected chi connectivity index (χ1v) is 8.58. The van der Waals surface area contributed by atoms with Crippen molar-refractivity contribution in [2.24, 2.45) is 23.7 Å². The molecule has 1 N–H and O–H groups in total. The van der Waals surface area contributed by atoms with E-state index in [1.54, 1.807) is 6.92 Å². The minimum atomic E-state index is -0.844. The lowest BCUT2D eigenvalue weighted by molar-refractivity contribution is -0.146. The van der Waals surface area contributed by atoms with Gasteiger partial charge in [-0.2, -0.15) is 0 Å². The number of amides is 3. The number of allylic oxidation sites excluding steroid dienone is 2. The average Bonchev–Trinajstić information content (AvgIpc) is 3.16. The Hall–Kier alpha value is -2.09. The third-order valence-electron chi connectivity index (χ3n) is 5.15. The molecular weight excluding hydrogens is 316 g/mol. The van der Waals surface area contributed by atoms with Gasteiger partial charge in [0.25, 0.3) is 0 Å². The van der Waals surface area contributed by atoms with Gasteiger partial charge in [-0.05, 0) is 31.6 Å². The van der Waals surface area contributed by atoms with E-state index in [2.05, 4.69) is 27.7 Å². The van der Waals surface area contributed by atoms with Crippen molar-refractivity contribution in [3.05, 3.63) is 17.7 Å². The van der Waals surface area contributed by atoms with Crippen LogP contribution in [-0.2, 0) is 14.4 Å². The van der Waals surface area contributed by atoms with Crippen LogP contribution in [-0.4, -0.2) is 38.9 Å². The van der Waals surface area contributed by atoms with Gasteiger partial charge >= 0.3 is 0 Å². The van der Waals surface area contributed by atoms with Crippen LogP contribution in [0.2, 0.25) is 0 Å². The molecule has 1 saturated heterocycles. The van der Waals surface area contributed by atoms with Crippen LogP contribution in [0.15, 0.2) is 17.7 Å². The number of hydrogen-bond acceptors (Lipinski definition) is 6. The molecule has 120 valence electrons. The summed E-state index contributed by atoms with van der Waals surface area (Å²) >= 11 is 1.19. The third-order valence-corrected chi connectivity index (χ3v) is 5.76. The molecule has 0 aromatic carbocycles. The summed E-state index contributed by atoms with van der Waals surface area (Å²) in [5, 5.41) is 10.4. The van der Waals surface area contributed by atoms with Crippen LogP contribution in [0.3, 0.4) is 0 Å². The van der Waals surface area contributed by atoms with E-state index in [-0.39, 0.29) is 35.5 Å². The minimum absolute atomic E-state index is 0.130. The van der Waals surface area contributed by atoms with E-state index in [4.69, 9.17) is 0 Å². The number of carbonyl (C=O) groups excluding carboxylic acids is 3. The fourth-order valence-corrected chi connectivity index (χ4v) is 4.48. The number of imide groups is 1. The molecule has 2 fully saturated rings. The Bertz CT molecular complexity index is 670. The highest BCUT2D eigenvalue weighted by Gasteiger charge is 2.58. The van der Waals surface area contributed by atoms with Crippen molar-refractivity contribution >= 4 is 34.2 Å². The molecule has 4 aliphatic rings. The molecule has 1 aromatic heterocycles. The normalized spacial score (nSPS) is 33.0. The van der Waals surface area contributed by atoms with Gasteiger partial charge in [-0.3, -0.25) is 24.6 Å². The molecule has 0 unspecified atom stereocenters. The van der Waals surface area contributed by atoms with Gasteiger partial charge in [-0.25, -0.2) is 0 Å². The number of fused-ring (bicyclic) bond motifs is 1. The zero-order valence-corrected chi connectivity index (χ0v) is 13.3. The Balaban J connectivity index is 1.56. The number of anilines is 1. The number of aromatic nitrogens is 2. The first kappa shape index (κ1) is 14.5. The van der Waals surface area contributed by atoms with Crippen LogP contribution in [0.4, 0.5) is 5.13 Å². The fraction of sp³-hybridized carbons (Fsp3) is 0.533. The number of nitrogens with zero attached hydrogens (tertiary/aromatic N) is 3. The summed E-state index contributed by atoms with van der Waals surface area (Å²) < 4.78 is 0. The van der Waals surface area contributed by atoms with Gasteiger partial charge in [0, 0.05) is 0 Å². The molecule has 0 spiro atoms. The van der Waals surface area contributed by atoms with Gasteiger partial charge in [0.05, 0.1) is 11.8 Å². The summed E-state index contributed by atoms with van der Waals surface area (Å²) in [6.45, 7) is 1.58. The molecular formula is C15H16N4O3S. The predicted octanol–water partition coefficient (Wildman–Crippen LogP) is 1.06. The van der Waals surface area contributed by atoms with Crippen molar-refractivity contribution in [1.29, 1.82) is 0 Å². The Kier molecular flexibility index (Phi) is 3.29. The monoisotopic (exact) mass is 332 g/mol. The van der Waals surface area contributed by atoms with Gasteiger partial charge in [-0.15, -0.1) is 10.2 Å². The Morgan fingerprint density at radius 1 is 1.26 bits per heavy atom. The molecule has 8 heteroatoms. The van der Waals surface area contributed by atoms with Gasteiger partial charge < -0.3 is 0 Å². The highest BCUT2D eigenvalue weighted by molar-refractivity contribution is 7.13. The molecule has 1 aromatic rings. The van der Waals surface area contributed by atoms with Crippen LogP contribution in [0.25, 0.3) is 0 Å². The van der Waals surface area contributed by atoms with Crippen molar-refractivity contribution in [2.45, 2.75) is 25.8 Å². The minimum Gasteiger partial charge on any atom is -0.299 e. The summed E-state index contributed by atoms with van der Waals surface area (Å²) in [4.78, 5) is 39.0. The molecule has 5 rings (SSSR count). The number of likely N-dealkylation sites (tertiary alicyclic amines) is 1. The van der Waals surface area contributed by atoms with E-state index in [0.717, 1.165) is 17.7 Å². The molecule has 3 aliphatic carbocycles. The molecule has 7 nitrogen and oxygen atoms in total. The maximum absolute atomic E-state index is 12.8. The molecule has 5 atom stereocenters. The summed E-state index contributed by atoms with van der Waals surface area (Å²) in [6, 6.07) is -0.844. The second kappa shape index (κ2) is 5.23. The van der Waals surface area contributed by atoms with E-state index in [1.807, 2.05) is 0 Å². The first-order valence-electron chi connectivity index (χ1n) is 7.70. The quantitative estimate of drug-likeness (QED) is 0.660. The number of hydrogen-bond donors (Lipinski definition) is 1. The number of rotatable bonds is 3. The second-order valence-corrected chi connectivity index (χ2v) is 7.13. The second-order valence-electron chi connectivity index (χ2n) is 6.30. The summed E-state index contributed by atoms with van der Waals surface area (Å²) in [7, 11) is 0. The van der Waals surface area contributed by atoms with Gasteiger partial charge in [0.1, 0.15) is 11.6 Å². The number of nitrogens with one attached hydrogen (secondary N) is 1. The van der Waals surface area contributed by atoms with Crippen LogP contribution >= 0.6 is 11.3 Å². The van der Waals surface area contributed by atoms with Crippen molar-refractivity contribution < 1.29 is 14.4 Å². The summed E-state index contributed by atoms with van der Waals surface area (Å²) in [6.07, 6.45) is 6.02. The third kappa shape index (κ3) is 2.12. The van der Waals surface area contributed by atoms with Crippen molar-refractivity contribution in [3.8, 4) is 0 Å². The van der Waals surface area contributed by atoms with E-state index < -0.39 is 11.9 Å². The SMILES string of the molecule is C[C@H](C(=O)Nc1nncs1)N1C(=O)[C@@H]2[C@@H](C1=O)[C@H]1C=C[C@H]2CC1. The van der Waals surface area contributed by atoms with Crippen molar-refractivity contribution in [3.63, 3.8) is 0 Å². The van der Waals surface area contributed by atoms with E-state index in [0.29, 0.717) is 5.13 Å². The maximum Gasteiger partial charge on any atom is 0.249 e. The lowest BCUT2D eigenvalue weighted by Gasteiger charge is -2.38. The Labute approximate surface area is 136 Å². The van der Waals surface area contributed by atoms with Crippen molar-refractivity contribution in [2.75, 3.05) is 5.32 Å². The van der Waals surface area contributed by atoms with Gasteiger partial charge in [-0.1, -0.05) is 23.5 Å². The van der Waals surface area contributed by atoms with E-state index in [1.165, 1.54) is 16.8 Å². The highest BCUT2D eigenvalue weighted by atomic mass is 32.1. The fourth-order valence-electron chi connectivity index (χ4n) is 4.03. The molecule has 1 aliphatic heterocycles. The number of carbonyl (C=O) groups is 3. The average molecular weight is 332 g/mol. The molecule has 2 bridgehead atoms. The van der Waals surface area contributed by atoms with Crippen LogP contribution in [0, 0.1) is 23.7 Å². The molecule has 3 amide bonds. The van der Waals surface area contributed by atoms with Crippen LogP contribution < -0.4 is 5.32 Å². The van der Waals surface area contributed by atoms with Gasteiger partial charge in [0.2, 0.25) is 22.9 Å². The largest absolute Gasteiger partial charge is 0.299 e. The Morgan fingerprint density at radius 3 is 2.35 bits per heavy atom. The molecule has 0 radical (unpaired) electrons. The molecule has 2 heterocycles. The van der Waals surface area contributed by atoms with E-state index >= 15 is 0 Å². The highest BCUT2D eigenvalue weighted by Crippen LogP contribution is 2.49. The predicted molar refractivity (Wildman–Crippen MR) is 82.2 cm³/mol. The Morgan fingerprint density at radius 2 is 1.87 bits per heavy atom. The zero-order chi connectivity index (χ0) is 16.1. The maximum atomic E-state index is 12.8. The lowest BCUT2D eigenvalue weighted by Crippen LogP contribution is -2.46. The molecule has 23 heavy (non-hydrogen) atoms. The standard InChI is InChI=1S/C15H16N4O3S/c1-7(12(20)17-15-18-16-6-23-15)19-13(21)10-8-2-3-9(5-4-8)11(10)14(19)22/h2-3,6-11H,4-5H2,1H3,(H,17,18,20)/t7-,8+,9+,10+,11+/m1/s1. The smallest absolute Gasteiger partial charge is 0.249 e. The van der Waals surface area contributed by atoms with E-state index in [9.17, 15) is 14.4 Å². The molecule has 1 saturated carbocycles. The van der Waals surface area contributed by atoms with Crippen LogP contribution in [0.1, 0.15) is 19.8 Å². The van der Waals surface area contributed by atoms with Gasteiger partial charge in [0.15, 0.2) is 0 Å². The topological polar surface area (TPSA) is 92.3 Å². The lowest BCUT2D eigenvalue weighted by atomic mass is 9.63. The van der Waals surface area contributed by atoms with Crippen LogP contribution in [0.5, 0.6) is 0 Å². The summed E-state index contributed by atoms with van der Waals surface area (Å²) in [5.41, 5.74) is 1.50.